The third-order valence-electron chi connectivity index (χ3n) is 5.74. The van der Waals surface area contributed by atoms with Gasteiger partial charge in [0.2, 0.25) is 10.0 Å². The fraction of sp³-hybridized carbons (Fsp3) is 0.480. The summed E-state index contributed by atoms with van der Waals surface area (Å²) in [6, 6.07) is 15.2. The average Bonchev–Trinajstić information content (AvgIpc) is 3.08. The molecule has 6 heteroatoms. The van der Waals surface area contributed by atoms with Gasteiger partial charge in [-0.3, -0.25) is 0 Å². The van der Waals surface area contributed by atoms with E-state index in [2.05, 4.69) is 27.3 Å². The highest BCUT2D eigenvalue weighted by Crippen LogP contribution is 2.18. The molecule has 0 saturated heterocycles. The summed E-state index contributed by atoms with van der Waals surface area (Å²) >= 11 is 0. The van der Waals surface area contributed by atoms with Crippen molar-refractivity contribution in [1.82, 2.24) is 14.3 Å². The zero-order chi connectivity index (χ0) is 22.1. The second-order valence-electron chi connectivity index (χ2n) is 8.25. The van der Waals surface area contributed by atoms with Gasteiger partial charge in [0.15, 0.2) is 0 Å². The minimum absolute atomic E-state index is 0.322. The van der Waals surface area contributed by atoms with Crippen molar-refractivity contribution >= 4 is 21.1 Å². The quantitative estimate of drug-likeness (QED) is 0.340. The largest absolute Gasteiger partial charge is 0.324 e. The van der Waals surface area contributed by atoms with Gasteiger partial charge in [-0.25, -0.2) is 18.1 Å². The molecule has 0 spiro atoms. The van der Waals surface area contributed by atoms with Crippen LogP contribution in [0.25, 0.3) is 11.0 Å². The minimum Gasteiger partial charge on any atom is -0.324 e. The van der Waals surface area contributed by atoms with Gasteiger partial charge in [0.1, 0.15) is 5.82 Å². The molecular formula is C25H35N3O2S. The van der Waals surface area contributed by atoms with Gasteiger partial charge in [0, 0.05) is 13.1 Å². The van der Waals surface area contributed by atoms with E-state index in [0.717, 1.165) is 35.3 Å². The van der Waals surface area contributed by atoms with Crippen molar-refractivity contribution in [2.45, 2.75) is 76.7 Å². The first-order valence-electron chi connectivity index (χ1n) is 11.5. The number of imidazole rings is 1. The summed E-state index contributed by atoms with van der Waals surface area (Å²) in [6.07, 6.45) is 9.59. The van der Waals surface area contributed by atoms with Crippen molar-refractivity contribution in [3.05, 3.63) is 59.9 Å². The summed E-state index contributed by atoms with van der Waals surface area (Å²) in [5.41, 5.74) is 3.11. The Morgan fingerprint density at radius 3 is 2.23 bits per heavy atom. The zero-order valence-corrected chi connectivity index (χ0v) is 19.6. The summed E-state index contributed by atoms with van der Waals surface area (Å²) < 4.78 is 30.0. The first kappa shape index (κ1) is 23.5. The molecule has 0 atom stereocenters. The third-order valence-corrected chi connectivity index (χ3v) is 7.22. The molecule has 0 fully saturated rings. The maximum absolute atomic E-state index is 12.6. The van der Waals surface area contributed by atoms with Gasteiger partial charge in [0.05, 0.1) is 15.9 Å². The number of fused-ring (bicyclic) bond motifs is 1. The van der Waals surface area contributed by atoms with Crippen LogP contribution in [0.15, 0.2) is 53.4 Å². The first-order chi connectivity index (χ1) is 15.0. The number of rotatable bonds is 13. The monoisotopic (exact) mass is 441 g/mol. The lowest BCUT2D eigenvalue weighted by atomic mass is 10.1. The van der Waals surface area contributed by atoms with Gasteiger partial charge < -0.3 is 4.57 Å². The normalized spacial score (nSPS) is 11.9. The number of aromatic nitrogens is 2. The van der Waals surface area contributed by atoms with Gasteiger partial charge in [-0.2, -0.15) is 0 Å². The van der Waals surface area contributed by atoms with Crippen LogP contribution in [0.2, 0.25) is 0 Å². The lowest BCUT2D eigenvalue weighted by molar-refractivity contribution is 0.559. The van der Waals surface area contributed by atoms with E-state index in [0.29, 0.717) is 18.0 Å². The number of benzene rings is 2. The minimum atomic E-state index is -3.46. The van der Waals surface area contributed by atoms with Crippen LogP contribution >= 0.6 is 0 Å². The second-order valence-corrected chi connectivity index (χ2v) is 10.0. The van der Waals surface area contributed by atoms with E-state index in [9.17, 15) is 8.42 Å². The van der Waals surface area contributed by atoms with E-state index in [1.807, 2.05) is 37.3 Å². The molecule has 1 N–H and O–H groups in total. The summed E-state index contributed by atoms with van der Waals surface area (Å²) in [5, 5.41) is 0. The zero-order valence-electron chi connectivity index (χ0n) is 18.8. The summed E-state index contributed by atoms with van der Waals surface area (Å²) in [5.74, 6) is 0.949. The molecule has 0 aliphatic rings. The first-order valence-corrected chi connectivity index (χ1v) is 13.0. The maximum Gasteiger partial charge on any atom is 0.240 e. The Hall–Kier alpha value is -2.18. The Balaban J connectivity index is 1.49. The predicted molar refractivity (Wildman–Crippen MR) is 128 cm³/mol. The molecule has 3 rings (SSSR count). The molecule has 1 aromatic heterocycles. The van der Waals surface area contributed by atoms with E-state index in [-0.39, 0.29) is 0 Å². The fourth-order valence-corrected chi connectivity index (χ4v) is 4.97. The SMILES string of the molecule is CCCCCCCCCCNS(=O)(=O)c1ccc(Cn2c(C)nc3ccccc32)cc1. The molecule has 3 aromatic rings. The average molecular weight is 442 g/mol. The number of sulfonamides is 1. The number of unbranched alkanes of at least 4 members (excludes halogenated alkanes) is 7. The smallest absolute Gasteiger partial charge is 0.240 e. The van der Waals surface area contributed by atoms with Crippen LogP contribution in [-0.2, 0) is 16.6 Å². The molecule has 1 heterocycles. The fourth-order valence-electron chi connectivity index (χ4n) is 3.90. The van der Waals surface area contributed by atoms with Crippen molar-refractivity contribution in [1.29, 1.82) is 0 Å². The lowest BCUT2D eigenvalue weighted by Gasteiger charge is -2.10. The van der Waals surface area contributed by atoms with Gasteiger partial charge in [-0.15, -0.1) is 0 Å². The Morgan fingerprint density at radius 2 is 1.52 bits per heavy atom. The van der Waals surface area contributed by atoms with Crippen molar-refractivity contribution in [3.8, 4) is 0 Å². The molecule has 31 heavy (non-hydrogen) atoms. The van der Waals surface area contributed by atoms with Gasteiger partial charge in [0.25, 0.3) is 0 Å². The predicted octanol–water partition coefficient (Wildman–Crippen LogP) is 5.81. The molecule has 0 aliphatic carbocycles. The molecule has 0 saturated carbocycles. The molecule has 0 bridgehead atoms. The second kappa shape index (κ2) is 11.4. The van der Waals surface area contributed by atoms with Gasteiger partial charge in [-0.05, 0) is 43.2 Å². The molecule has 168 valence electrons. The molecule has 0 radical (unpaired) electrons. The molecule has 0 aliphatic heterocycles. The standard InChI is InChI=1S/C25H35N3O2S/c1-3-4-5-6-7-8-9-12-19-26-31(29,30)23-17-15-22(16-18-23)20-28-21(2)27-24-13-10-11-14-25(24)28/h10-11,13-18,26H,3-9,12,19-20H2,1-2H3. The summed E-state index contributed by atoms with van der Waals surface area (Å²) in [4.78, 5) is 4.92. The molecule has 5 nitrogen and oxygen atoms in total. The van der Waals surface area contributed by atoms with Gasteiger partial charge >= 0.3 is 0 Å². The topological polar surface area (TPSA) is 64.0 Å². The van der Waals surface area contributed by atoms with E-state index < -0.39 is 10.0 Å². The number of para-hydroxylation sites is 2. The van der Waals surface area contributed by atoms with Crippen LogP contribution in [0, 0.1) is 6.92 Å². The highest BCUT2D eigenvalue weighted by Gasteiger charge is 2.13. The van der Waals surface area contributed by atoms with Crippen molar-refractivity contribution in [3.63, 3.8) is 0 Å². The maximum atomic E-state index is 12.6. The van der Waals surface area contributed by atoms with Crippen LogP contribution in [0.1, 0.15) is 69.7 Å². The lowest BCUT2D eigenvalue weighted by Crippen LogP contribution is -2.24. The van der Waals surface area contributed by atoms with E-state index in [4.69, 9.17) is 0 Å². The van der Waals surface area contributed by atoms with Crippen LogP contribution in [-0.4, -0.2) is 24.5 Å². The molecule has 0 amide bonds. The van der Waals surface area contributed by atoms with Crippen molar-refractivity contribution in [2.24, 2.45) is 0 Å². The number of nitrogens with one attached hydrogen (secondary N) is 1. The summed E-state index contributed by atoms with van der Waals surface area (Å²) in [6.45, 7) is 5.38. The highest BCUT2D eigenvalue weighted by atomic mass is 32.2. The van der Waals surface area contributed by atoms with Gasteiger partial charge in [-0.1, -0.05) is 76.1 Å². The van der Waals surface area contributed by atoms with Crippen LogP contribution in [0.4, 0.5) is 0 Å². The summed E-state index contributed by atoms with van der Waals surface area (Å²) in [7, 11) is -3.46. The Bertz CT molecular complexity index is 1060. The highest BCUT2D eigenvalue weighted by molar-refractivity contribution is 7.89. The van der Waals surface area contributed by atoms with Crippen LogP contribution in [0.3, 0.4) is 0 Å². The van der Waals surface area contributed by atoms with E-state index >= 15 is 0 Å². The molecule has 2 aromatic carbocycles. The van der Waals surface area contributed by atoms with E-state index in [1.165, 1.54) is 38.5 Å². The Morgan fingerprint density at radius 1 is 0.871 bits per heavy atom. The molecular weight excluding hydrogens is 406 g/mol. The Kier molecular flexibility index (Phi) is 8.67. The number of nitrogens with zero attached hydrogens (tertiary/aromatic N) is 2. The van der Waals surface area contributed by atoms with Crippen LogP contribution in [0.5, 0.6) is 0 Å². The number of aryl methyl sites for hydroxylation is 1. The Labute approximate surface area is 186 Å². The van der Waals surface area contributed by atoms with Crippen LogP contribution < -0.4 is 4.72 Å². The molecule has 0 unspecified atom stereocenters. The van der Waals surface area contributed by atoms with E-state index in [1.54, 1.807) is 12.1 Å². The number of hydrogen-bond acceptors (Lipinski definition) is 3. The third kappa shape index (κ3) is 6.65. The van der Waals surface area contributed by atoms with Crippen molar-refractivity contribution < 1.29 is 8.42 Å². The number of hydrogen-bond donors (Lipinski definition) is 1. The van der Waals surface area contributed by atoms with Crippen molar-refractivity contribution in [2.75, 3.05) is 6.54 Å².